The monoisotopic (exact) mass is 651 g/mol. The van der Waals surface area contributed by atoms with Crippen LogP contribution in [0.1, 0.15) is 80.6 Å². The quantitative estimate of drug-likeness (QED) is 0.0833. The lowest BCUT2D eigenvalue weighted by atomic mass is 9.92. The van der Waals surface area contributed by atoms with Gasteiger partial charge in [-0.05, 0) is 60.3 Å². The van der Waals surface area contributed by atoms with Gasteiger partial charge in [0.15, 0.2) is 15.7 Å². The molecular weight excluding hydrogens is 600 g/mol. The van der Waals surface area contributed by atoms with E-state index in [4.69, 9.17) is 26.2 Å². The van der Waals surface area contributed by atoms with E-state index in [1.54, 1.807) is 44.3 Å². The van der Waals surface area contributed by atoms with Gasteiger partial charge in [0, 0.05) is 27.5 Å². The fraction of sp³-hybridized carbons (Fsp3) is 0.828. The van der Waals surface area contributed by atoms with Crippen molar-refractivity contribution in [1.82, 2.24) is 21.3 Å². The fourth-order valence-corrected chi connectivity index (χ4v) is 7.25. The second-order valence-corrected chi connectivity index (χ2v) is 15.4. The molecule has 1 aliphatic rings. The zero-order chi connectivity index (χ0) is 33.7. The van der Waals surface area contributed by atoms with E-state index in [0.717, 1.165) is 25.7 Å². The van der Waals surface area contributed by atoms with Crippen LogP contribution in [0.15, 0.2) is 0 Å². The Balaban J connectivity index is 2.87. The molecule has 4 radical (unpaired) electrons. The second kappa shape index (κ2) is 18.6. The molecule has 246 valence electrons. The average Bonchev–Trinajstić information content (AvgIpc) is 2.91. The first-order valence-corrected chi connectivity index (χ1v) is 17.3. The van der Waals surface area contributed by atoms with Crippen LogP contribution >= 0.6 is 23.5 Å². The standard InChI is InChI=1S/C29H51B2N5O6S2/c1-8-12-29(7,32)42-17-27(3,4)26(41)35-18(24(39)33-13-22(30)37)15-43-20-10-11-21(20)44-16-19(36-28(5,6)9-2)25(40)34-14-23(31)38/h18-21,36H,8-17,32H2,1-7H3,(H,33,39)(H,34,40)(H,35,41). The molecule has 0 bridgehead atoms. The maximum absolute atomic E-state index is 13.3. The molecular formula is C29H51B2N5O6S2. The van der Waals surface area contributed by atoms with Gasteiger partial charge in [0.25, 0.3) is 0 Å². The van der Waals surface area contributed by atoms with Crippen molar-refractivity contribution in [3.8, 4) is 0 Å². The molecule has 15 heteroatoms. The van der Waals surface area contributed by atoms with Crippen molar-refractivity contribution >= 4 is 68.3 Å². The van der Waals surface area contributed by atoms with Gasteiger partial charge in [-0.1, -0.05) is 20.3 Å². The van der Waals surface area contributed by atoms with Crippen LogP contribution in [0.5, 0.6) is 0 Å². The molecule has 11 nitrogen and oxygen atoms in total. The van der Waals surface area contributed by atoms with E-state index in [1.807, 2.05) is 27.7 Å². The lowest BCUT2D eigenvalue weighted by Crippen LogP contribution is -2.55. The minimum atomic E-state index is -0.973. The van der Waals surface area contributed by atoms with Crippen molar-refractivity contribution in [2.75, 3.05) is 31.2 Å². The predicted octanol–water partition coefficient (Wildman–Crippen LogP) is 0.756. The molecule has 0 aromatic carbocycles. The first-order chi connectivity index (χ1) is 20.3. The van der Waals surface area contributed by atoms with Gasteiger partial charge in [-0.15, -0.1) is 0 Å². The molecule has 0 aliphatic heterocycles. The maximum Gasteiger partial charge on any atom is 0.243 e. The highest BCUT2D eigenvalue weighted by Crippen LogP contribution is 2.40. The summed E-state index contributed by atoms with van der Waals surface area (Å²) in [5.74, 6) is -0.397. The molecule has 6 N–H and O–H groups in total. The van der Waals surface area contributed by atoms with Gasteiger partial charge in [0.1, 0.15) is 11.8 Å². The van der Waals surface area contributed by atoms with Gasteiger partial charge in [-0.2, -0.15) is 23.5 Å². The van der Waals surface area contributed by atoms with Crippen LogP contribution < -0.4 is 27.0 Å². The highest BCUT2D eigenvalue weighted by atomic mass is 32.2. The van der Waals surface area contributed by atoms with Gasteiger partial charge >= 0.3 is 0 Å². The summed E-state index contributed by atoms with van der Waals surface area (Å²) in [5.41, 5.74) is 2.75. The molecule has 0 aromatic rings. The first-order valence-electron chi connectivity index (χ1n) is 15.2. The maximum atomic E-state index is 13.3. The zero-order valence-corrected chi connectivity index (χ0v) is 29.0. The molecule has 0 aromatic heterocycles. The number of ether oxygens (including phenoxy) is 1. The SMILES string of the molecule is [B]C(=O)CNC(=O)C(CSC1CCC1SCC(NC(C)(C)CC)C(=O)NCC([B])=O)NC(=O)C(C)(C)COC(C)(N)CCC. The number of carbonyl (C=O) groups is 5. The van der Waals surface area contributed by atoms with Crippen LogP contribution in [0, 0.1) is 5.41 Å². The molecule has 1 saturated carbocycles. The Hall–Kier alpha value is -1.54. The highest BCUT2D eigenvalue weighted by molar-refractivity contribution is 8.04. The van der Waals surface area contributed by atoms with Crippen molar-refractivity contribution < 1.29 is 28.7 Å². The normalized spacial score (nSPS) is 19.5. The van der Waals surface area contributed by atoms with Gasteiger partial charge in [0.2, 0.25) is 17.7 Å². The van der Waals surface area contributed by atoms with Crippen LogP contribution in [0.2, 0.25) is 0 Å². The molecule has 5 unspecified atom stereocenters. The van der Waals surface area contributed by atoms with E-state index in [-0.39, 0.29) is 53.3 Å². The van der Waals surface area contributed by atoms with E-state index in [1.165, 1.54) is 0 Å². The molecule has 0 saturated heterocycles. The third-order valence-electron chi connectivity index (χ3n) is 7.49. The van der Waals surface area contributed by atoms with Gasteiger partial charge in [-0.25, -0.2) is 0 Å². The summed E-state index contributed by atoms with van der Waals surface area (Å²) in [4.78, 5) is 61.6. The molecule has 44 heavy (non-hydrogen) atoms. The van der Waals surface area contributed by atoms with Crippen LogP contribution in [0.3, 0.4) is 0 Å². The number of rotatable bonds is 22. The molecule has 1 fully saturated rings. The largest absolute Gasteiger partial charge is 0.360 e. The van der Waals surface area contributed by atoms with Crippen molar-refractivity contribution in [2.24, 2.45) is 11.1 Å². The van der Waals surface area contributed by atoms with E-state index in [9.17, 15) is 24.0 Å². The Labute approximate surface area is 274 Å². The average molecular weight is 652 g/mol. The van der Waals surface area contributed by atoms with Gasteiger partial charge < -0.3 is 41.3 Å². The van der Waals surface area contributed by atoms with Crippen LogP contribution in [-0.4, -0.2) is 110 Å². The number of nitrogens with two attached hydrogens (primary N) is 1. The summed E-state index contributed by atoms with van der Waals surface area (Å²) >= 11 is 3.23. The Bertz CT molecular complexity index is 1000. The van der Waals surface area contributed by atoms with E-state index < -0.39 is 40.5 Å². The molecule has 0 spiro atoms. The zero-order valence-electron chi connectivity index (χ0n) is 27.4. The molecule has 3 amide bonds. The number of thioether (sulfide) groups is 2. The summed E-state index contributed by atoms with van der Waals surface area (Å²) in [7, 11) is 10.4. The molecule has 1 rings (SSSR count). The van der Waals surface area contributed by atoms with E-state index >= 15 is 0 Å². The Morgan fingerprint density at radius 2 is 1.34 bits per heavy atom. The molecule has 1 aliphatic carbocycles. The molecule has 0 heterocycles. The lowest BCUT2D eigenvalue weighted by molar-refractivity contribution is -0.140. The highest BCUT2D eigenvalue weighted by Gasteiger charge is 2.37. The Kier molecular flexibility index (Phi) is 17.1. The number of hydrogen-bond donors (Lipinski definition) is 5. The number of amides is 3. The van der Waals surface area contributed by atoms with Gasteiger partial charge in [-0.3, -0.25) is 14.4 Å². The number of hydrogen-bond acceptors (Lipinski definition) is 10. The minimum absolute atomic E-state index is 0.0625. The van der Waals surface area contributed by atoms with E-state index in [0.29, 0.717) is 12.2 Å². The van der Waals surface area contributed by atoms with Crippen LogP contribution in [0.4, 0.5) is 0 Å². The summed E-state index contributed by atoms with van der Waals surface area (Å²) in [5, 5.41) is 11.7. The Morgan fingerprint density at radius 1 is 0.864 bits per heavy atom. The first kappa shape index (κ1) is 40.5. The van der Waals surface area contributed by atoms with Crippen molar-refractivity contribution in [2.45, 2.75) is 114 Å². The second-order valence-electron chi connectivity index (χ2n) is 12.9. The van der Waals surface area contributed by atoms with Crippen LogP contribution in [-0.2, 0) is 28.7 Å². The number of nitrogens with one attached hydrogen (secondary N) is 4. The van der Waals surface area contributed by atoms with E-state index in [2.05, 4.69) is 21.3 Å². The fourth-order valence-electron chi connectivity index (χ4n) is 4.13. The Morgan fingerprint density at radius 3 is 1.77 bits per heavy atom. The third kappa shape index (κ3) is 15.2. The lowest BCUT2D eigenvalue weighted by Gasteiger charge is -2.38. The predicted molar refractivity (Wildman–Crippen MR) is 180 cm³/mol. The summed E-state index contributed by atoms with van der Waals surface area (Å²) < 4.78 is 5.83. The smallest absolute Gasteiger partial charge is 0.243 e. The van der Waals surface area contributed by atoms with Crippen molar-refractivity contribution in [1.29, 1.82) is 0 Å². The summed E-state index contributed by atoms with van der Waals surface area (Å²) in [6.45, 7) is 12.8. The topological polar surface area (TPSA) is 169 Å². The summed E-state index contributed by atoms with van der Waals surface area (Å²) in [6.07, 6.45) is 4.13. The summed E-state index contributed by atoms with van der Waals surface area (Å²) in [6, 6.07) is -1.43. The van der Waals surface area contributed by atoms with Crippen molar-refractivity contribution in [3.63, 3.8) is 0 Å². The van der Waals surface area contributed by atoms with Gasteiger partial charge in [0.05, 0.1) is 42.5 Å². The van der Waals surface area contributed by atoms with Crippen LogP contribution in [0.25, 0.3) is 0 Å². The van der Waals surface area contributed by atoms with Crippen molar-refractivity contribution in [3.05, 3.63) is 0 Å². The molecule has 5 atom stereocenters. The minimum Gasteiger partial charge on any atom is -0.360 e. The number of carbonyl (C=O) groups excluding carboxylic acids is 5. The third-order valence-corrected chi connectivity index (χ3v) is 10.7.